The Morgan fingerprint density at radius 3 is 2.54 bits per heavy atom. The van der Waals surface area contributed by atoms with Gasteiger partial charge in [-0.1, -0.05) is 12.1 Å². The fourth-order valence-electron chi connectivity index (χ4n) is 2.51. The van der Waals surface area contributed by atoms with Gasteiger partial charge in [-0.15, -0.1) is 11.3 Å². The van der Waals surface area contributed by atoms with Crippen LogP contribution in [0.3, 0.4) is 0 Å². The first kappa shape index (κ1) is 19.8. The van der Waals surface area contributed by atoms with E-state index in [1.807, 2.05) is 36.6 Å². The molecule has 1 aromatic carbocycles. The van der Waals surface area contributed by atoms with E-state index in [-0.39, 0.29) is 18.2 Å². The van der Waals surface area contributed by atoms with Gasteiger partial charge in [-0.3, -0.25) is 9.59 Å². The van der Waals surface area contributed by atoms with Crippen LogP contribution in [0.1, 0.15) is 28.6 Å². The van der Waals surface area contributed by atoms with E-state index in [1.165, 1.54) is 11.3 Å². The van der Waals surface area contributed by atoms with E-state index in [2.05, 4.69) is 5.32 Å². The summed E-state index contributed by atoms with van der Waals surface area (Å²) in [6.07, 6.45) is 0.262. The first-order valence-corrected chi connectivity index (χ1v) is 9.27. The van der Waals surface area contributed by atoms with Gasteiger partial charge < -0.3 is 19.7 Å². The van der Waals surface area contributed by atoms with Crippen LogP contribution in [0.15, 0.2) is 35.7 Å². The zero-order chi connectivity index (χ0) is 18.9. The Balaban J connectivity index is 1.89. The monoisotopic (exact) mass is 376 g/mol. The van der Waals surface area contributed by atoms with Gasteiger partial charge in [0.2, 0.25) is 5.91 Å². The fraction of sp³-hybridized carbons (Fsp3) is 0.368. The minimum atomic E-state index is -0.143. The number of ether oxygens (including phenoxy) is 2. The van der Waals surface area contributed by atoms with Crippen LogP contribution in [0.4, 0.5) is 0 Å². The van der Waals surface area contributed by atoms with Crippen molar-refractivity contribution in [2.75, 3.05) is 27.3 Å². The summed E-state index contributed by atoms with van der Waals surface area (Å²) in [5.74, 6) is 1.14. The normalized spacial score (nSPS) is 10.3. The lowest BCUT2D eigenvalue weighted by Gasteiger charge is -2.21. The topological polar surface area (TPSA) is 67.9 Å². The third-order valence-corrected chi connectivity index (χ3v) is 4.79. The van der Waals surface area contributed by atoms with Gasteiger partial charge in [0, 0.05) is 26.1 Å². The molecule has 140 valence electrons. The van der Waals surface area contributed by atoms with Crippen LogP contribution in [0.5, 0.6) is 11.5 Å². The second kappa shape index (κ2) is 9.82. The van der Waals surface area contributed by atoms with E-state index in [4.69, 9.17) is 9.47 Å². The summed E-state index contributed by atoms with van der Waals surface area (Å²) >= 11 is 1.38. The lowest BCUT2D eigenvalue weighted by Crippen LogP contribution is -2.34. The molecule has 0 saturated heterocycles. The number of hydrogen-bond donors (Lipinski definition) is 1. The molecule has 0 aliphatic rings. The van der Waals surface area contributed by atoms with Crippen LogP contribution >= 0.6 is 11.3 Å². The zero-order valence-corrected chi connectivity index (χ0v) is 16.1. The average molecular weight is 376 g/mol. The maximum Gasteiger partial charge on any atom is 0.261 e. The van der Waals surface area contributed by atoms with Crippen molar-refractivity contribution in [3.63, 3.8) is 0 Å². The number of amides is 2. The molecule has 1 heterocycles. The number of nitrogens with one attached hydrogen (secondary N) is 1. The van der Waals surface area contributed by atoms with Gasteiger partial charge in [0.1, 0.15) is 0 Å². The third kappa shape index (κ3) is 5.23. The Morgan fingerprint density at radius 2 is 1.92 bits per heavy atom. The molecule has 1 aromatic heterocycles. The molecule has 1 N–H and O–H groups in total. The number of carbonyl (C=O) groups excluding carboxylic acids is 2. The van der Waals surface area contributed by atoms with E-state index in [1.54, 1.807) is 25.2 Å². The molecule has 0 aliphatic heterocycles. The first-order chi connectivity index (χ1) is 12.6. The quantitative estimate of drug-likeness (QED) is 0.731. The molecule has 0 spiro atoms. The van der Waals surface area contributed by atoms with Crippen LogP contribution in [0, 0.1) is 0 Å². The summed E-state index contributed by atoms with van der Waals surface area (Å²) in [6.45, 7) is 3.32. The standard InChI is InChI=1S/C19H24N2O4S/c1-4-21(13-14-7-8-15(24-2)16(12-14)25-3)18(22)9-10-20-19(23)17-6-5-11-26-17/h5-8,11-12H,4,9-10,13H2,1-3H3,(H,20,23). The first-order valence-electron chi connectivity index (χ1n) is 8.39. The molecule has 26 heavy (non-hydrogen) atoms. The van der Waals surface area contributed by atoms with Crippen LogP contribution in [0.2, 0.25) is 0 Å². The minimum Gasteiger partial charge on any atom is -0.493 e. The molecule has 0 saturated carbocycles. The van der Waals surface area contributed by atoms with Crippen molar-refractivity contribution < 1.29 is 19.1 Å². The number of carbonyl (C=O) groups is 2. The van der Waals surface area contributed by atoms with E-state index in [0.29, 0.717) is 36.0 Å². The Kier molecular flexibility index (Phi) is 7.47. The molecule has 6 nitrogen and oxygen atoms in total. The highest BCUT2D eigenvalue weighted by Gasteiger charge is 2.14. The summed E-state index contributed by atoms with van der Waals surface area (Å²) in [4.78, 5) is 26.7. The van der Waals surface area contributed by atoms with Crippen molar-refractivity contribution in [2.45, 2.75) is 19.9 Å². The van der Waals surface area contributed by atoms with Crippen molar-refractivity contribution in [1.29, 1.82) is 0 Å². The lowest BCUT2D eigenvalue weighted by atomic mass is 10.1. The molecule has 0 bridgehead atoms. The predicted octanol–water partition coefficient (Wildman–Crippen LogP) is 2.93. The van der Waals surface area contributed by atoms with E-state index in [0.717, 1.165) is 5.56 Å². The number of thiophene rings is 1. The molecule has 7 heteroatoms. The minimum absolute atomic E-state index is 0.00577. The van der Waals surface area contributed by atoms with Gasteiger partial charge in [0.25, 0.3) is 5.91 Å². The molecule has 0 aliphatic carbocycles. The van der Waals surface area contributed by atoms with Crippen molar-refractivity contribution >= 4 is 23.2 Å². The highest BCUT2D eigenvalue weighted by molar-refractivity contribution is 7.12. The predicted molar refractivity (Wildman–Crippen MR) is 102 cm³/mol. The molecular weight excluding hydrogens is 352 g/mol. The highest BCUT2D eigenvalue weighted by Crippen LogP contribution is 2.28. The van der Waals surface area contributed by atoms with Crippen molar-refractivity contribution in [3.8, 4) is 11.5 Å². The van der Waals surface area contributed by atoms with Gasteiger partial charge in [-0.25, -0.2) is 0 Å². The number of hydrogen-bond acceptors (Lipinski definition) is 5. The second-order valence-corrected chi connectivity index (χ2v) is 6.53. The van der Waals surface area contributed by atoms with Crippen LogP contribution < -0.4 is 14.8 Å². The number of nitrogens with zero attached hydrogens (tertiary/aromatic N) is 1. The van der Waals surface area contributed by atoms with Gasteiger partial charge >= 0.3 is 0 Å². The van der Waals surface area contributed by atoms with E-state index in [9.17, 15) is 9.59 Å². The van der Waals surface area contributed by atoms with Crippen LogP contribution in [0.25, 0.3) is 0 Å². The van der Waals surface area contributed by atoms with Crippen LogP contribution in [-0.2, 0) is 11.3 Å². The average Bonchev–Trinajstić information content (AvgIpc) is 3.20. The summed E-state index contributed by atoms with van der Waals surface area (Å²) in [5, 5.41) is 4.63. The molecular formula is C19H24N2O4S. The molecule has 0 unspecified atom stereocenters. The summed E-state index contributed by atoms with van der Waals surface area (Å²) < 4.78 is 10.5. The van der Waals surface area contributed by atoms with Crippen molar-refractivity contribution in [2.24, 2.45) is 0 Å². The molecule has 2 amide bonds. The maximum atomic E-state index is 12.4. The molecule has 0 fully saturated rings. The number of benzene rings is 1. The SMILES string of the molecule is CCN(Cc1ccc(OC)c(OC)c1)C(=O)CCNC(=O)c1cccs1. The smallest absolute Gasteiger partial charge is 0.261 e. The molecule has 2 aromatic rings. The second-order valence-electron chi connectivity index (χ2n) is 5.58. The maximum absolute atomic E-state index is 12.4. The third-order valence-electron chi connectivity index (χ3n) is 3.93. The van der Waals surface area contributed by atoms with E-state index >= 15 is 0 Å². The van der Waals surface area contributed by atoms with Gasteiger partial charge in [0.05, 0.1) is 19.1 Å². The summed E-state index contributed by atoms with van der Waals surface area (Å²) in [6, 6.07) is 9.20. The zero-order valence-electron chi connectivity index (χ0n) is 15.3. The molecule has 0 atom stereocenters. The number of methoxy groups -OCH3 is 2. The largest absolute Gasteiger partial charge is 0.493 e. The Hall–Kier alpha value is -2.54. The summed E-state index contributed by atoms with van der Waals surface area (Å²) in [7, 11) is 3.17. The Labute approximate surface area is 157 Å². The highest BCUT2D eigenvalue weighted by atomic mass is 32.1. The Bertz CT molecular complexity index is 731. The van der Waals surface area contributed by atoms with Crippen molar-refractivity contribution in [1.82, 2.24) is 10.2 Å². The molecule has 0 radical (unpaired) electrons. The van der Waals surface area contributed by atoms with Gasteiger partial charge in [-0.05, 0) is 36.1 Å². The lowest BCUT2D eigenvalue weighted by molar-refractivity contribution is -0.131. The summed E-state index contributed by atoms with van der Waals surface area (Å²) in [5.41, 5.74) is 0.959. The van der Waals surface area contributed by atoms with Crippen LogP contribution in [-0.4, -0.2) is 44.0 Å². The van der Waals surface area contributed by atoms with Gasteiger partial charge in [-0.2, -0.15) is 0 Å². The van der Waals surface area contributed by atoms with Gasteiger partial charge in [0.15, 0.2) is 11.5 Å². The van der Waals surface area contributed by atoms with Crippen molar-refractivity contribution in [3.05, 3.63) is 46.2 Å². The molecule has 2 rings (SSSR count). The fourth-order valence-corrected chi connectivity index (χ4v) is 3.15. The Morgan fingerprint density at radius 1 is 1.15 bits per heavy atom. The van der Waals surface area contributed by atoms with E-state index < -0.39 is 0 Å². The number of rotatable bonds is 9.